The second kappa shape index (κ2) is 12.5. The maximum absolute atomic E-state index is 7.17. The molecule has 0 unspecified atom stereocenters. The second-order valence-corrected chi connectivity index (χ2v) is 17.3. The third-order valence-electron chi connectivity index (χ3n) is 13.7. The van der Waals surface area contributed by atoms with Crippen molar-refractivity contribution in [3.8, 4) is 5.69 Å². The average Bonchev–Trinajstić information content (AvgIpc) is 3.95. The van der Waals surface area contributed by atoms with Crippen molar-refractivity contribution in [2.24, 2.45) is 9.98 Å². The highest BCUT2D eigenvalue weighted by Crippen LogP contribution is 2.46. The van der Waals surface area contributed by atoms with Gasteiger partial charge in [-0.2, -0.15) is 0 Å². The van der Waals surface area contributed by atoms with Gasteiger partial charge in [0.05, 0.1) is 28.1 Å². The van der Waals surface area contributed by atoms with E-state index < -0.39 is 0 Å². The first kappa shape index (κ1) is 34.1. The summed E-state index contributed by atoms with van der Waals surface area (Å²) in [6, 6.07) is 67.6. The average molecular weight is 816 g/mol. The van der Waals surface area contributed by atoms with E-state index in [9.17, 15) is 0 Å². The molecule has 296 valence electrons. The lowest BCUT2D eigenvalue weighted by atomic mass is 9.91. The Morgan fingerprint density at radius 2 is 1.03 bits per heavy atom. The number of rotatable bonds is 2. The lowest BCUT2D eigenvalue weighted by Gasteiger charge is -2.16. The van der Waals surface area contributed by atoms with Crippen LogP contribution in [-0.4, -0.2) is 16.1 Å². The van der Waals surface area contributed by atoms with Crippen LogP contribution in [0.5, 0.6) is 0 Å². The molecule has 2 aliphatic heterocycles. The first-order valence-corrected chi connectivity index (χ1v) is 21.8. The molecule has 0 N–H and O–H groups in total. The van der Waals surface area contributed by atoms with Crippen LogP contribution in [0.3, 0.4) is 0 Å². The first-order chi connectivity index (χ1) is 31.7. The molecule has 5 nitrogen and oxygen atoms in total. The number of benzene rings is 10. The molecule has 0 amide bonds. The summed E-state index contributed by atoms with van der Waals surface area (Å²) >= 11 is 0. The fraction of sp³-hybridized carbons (Fsp3) is 0.0169. The van der Waals surface area contributed by atoms with Gasteiger partial charge in [0.2, 0.25) is 0 Å². The summed E-state index contributed by atoms with van der Waals surface area (Å²) in [5.74, 6) is 0.646. The molecule has 4 bridgehead atoms. The number of hydrogen-bond donors (Lipinski definition) is 0. The van der Waals surface area contributed by atoms with E-state index in [0.29, 0.717) is 12.3 Å². The van der Waals surface area contributed by atoms with Crippen LogP contribution in [0, 0.1) is 0 Å². The Labute approximate surface area is 365 Å². The van der Waals surface area contributed by atoms with E-state index in [1.807, 2.05) is 12.1 Å². The largest absolute Gasteiger partial charge is 0.456 e. The van der Waals surface area contributed by atoms with Gasteiger partial charge in [-0.25, -0.2) is 9.98 Å². The van der Waals surface area contributed by atoms with Crippen LogP contribution in [0.15, 0.2) is 207 Å². The number of furan rings is 2. The quantitative estimate of drug-likeness (QED) is 0.174. The molecule has 64 heavy (non-hydrogen) atoms. The van der Waals surface area contributed by atoms with Crippen LogP contribution in [0.1, 0.15) is 28.7 Å². The smallest absolute Gasteiger partial charge is 0.160 e. The topological polar surface area (TPSA) is 55.9 Å². The van der Waals surface area contributed by atoms with Crippen LogP contribution in [-0.2, 0) is 0 Å². The van der Waals surface area contributed by atoms with Crippen molar-refractivity contribution in [1.29, 1.82) is 0 Å². The van der Waals surface area contributed by atoms with Gasteiger partial charge in [0.25, 0.3) is 0 Å². The zero-order valence-corrected chi connectivity index (χ0v) is 34.3. The summed E-state index contributed by atoms with van der Waals surface area (Å²) in [5.41, 5.74) is 13.6. The minimum Gasteiger partial charge on any atom is -0.456 e. The SMILES string of the molecule is c1ccc2cc(C3=C4CC(=NC(c5ccc6oc7ccccc7c6c5)=N3)c3ccc5c(oc6cc7ccccc7cc65)c3-n3c5cc4ccc5c4cc5ccccc5cc43)ccc2c1. The first-order valence-electron chi connectivity index (χ1n) is 21.8. The molecule has 5 heterocycles. The van der Waals surface area contributed by atoms with Crippen molar-refractivity contribution in [3.05, 3.63) is 210 Å². The predicted octanol–water partition coefficient (Wildman–Crippen LogP) is 15.6. The standard InChI is InChI=1S/C59H33N3O2/c1-2-10-34-25-40(18-17-33(34)9-1)56-46-32-50(60-59(61-56)41-20-24-54-48(28-41)43-15-7-8-16-53(43)63-54)45-23-22-44-49-27-36-12-4-6-14-38(36)31-55(49)64-58(44)57(45)62-51-30-39(46)19-21-42(51)47-26-35-11-3-5-13-37(35)29-52(47)62/h1-31H,32H2. The lowest BCUT2D eigenvalue weighted by Crippen LogP contribution is -2.10. The van der Waals surface area contributed by atoms with Crippen LogP contribution in [0.25, 0.3) is 115 Å². The summed E-state index contributed by atoms with van der Waals surface area (Å²) < 4.78 is 15.9. The van der Waals surface area contributed by atoms with Gasteiger partial charge in [-0.3, -0.25) is 0 Å². The Bertz CT molecular complexity index is 4340. The summed E-state index contributed by atoms with van der Waals surface area (Å²) in [6.45, 7) is 0. The van der Waals surface area contributed by atoms with Crippen LogP contribution in [0.4, 0.5) is 0 Å². The highest BCUT2D eigenvalue weighted by atomic mass is 16.3. The van der Waals surface area contributed by atoms with Gasteiger partial charge >= 0.3 is 0 Å². The van der Waals surface area contributed by atoms with E-state index in [0.717, 1.165) is 111 Å². The molecule has 3 aromatic heterocycles. The third kappa shape index (κ3) is 4.78. The Kier molecular flexibility index (Phi) is 6.67. The number of para-hydroxylation sites is 1. The highest BCUT2D eigenvalue weighted by Gasteiger charge is 2.30. The minimum atomic E-state index is 0.547. The van der Waals surface area contributed by atoms with Crippen molar-refractivity contribution < 1.29 is 8.83 Å². The molecule has 0 saturated heterocycles. The molecule has 13 aromatic rings. The third-order valence-corrected chi connectivity index (χ3v) is 13.7. The fourth-order valence-corrected chi connectivity index (χ4v) is 10.7. The fourth-order valence-electron chi connectivity index (χ4n) is 10.7. The Balaban J connectivity index is 1.10. The summed E-state index contributed by atoms with van der Waals surface area (Å²) in [7, 11) is 0. The van der Waals surface area contributed by atoms with Crippen molar-refractivity contribution in [2.45, 2.75) is 6.42 Å². The Morgan fingerprint density at radius 1 is 0.391 bits per heavy atom. The van der Waals surface area contributed by atoms with Gasteiger partial charge in [-0.15, -0.1) is 0 Å². The Hall–Kier alpha value is -8.54. The van der Waals surface area contributed by atoms with Crippen molar-refractivity contribution >= 4 is 121 Å². The van der Waals surface area contributed by atoms with E-state index in [1.54, 1.807) is 0 Å². The van der Waals surface area contributed by atoms with E-state index in [1.165, 1.54) is 32.3 Å². The van der Waals surface area contributed by atoms with Gasteiger partial charge in [0, 0.05) is 55.4 Å². The Morgan fingerprint density at radius 3 is 1.88 bits per heavy atom. The molecule has 0 radical (unpaired) electrons. The normalized spacial score (nSPS) is 14.0. The minimum absolute atomic E-state index is 0.547. The van der Waals surface area contributed by atoms with E-state index >= 15 is 0 Å². The molecule has 10 aromatic carbocycles. The number of hydrogen-bond acceptors (Lipinski definition) is 4. The van der Waals surface area contributed by atoms with Gasteiger partial charge in [-0.05, 0) is 110 Å². The summed E-state index contributed by atoms with van der Waals surface area (Å²) in [5, 5.41) is 13.7. The molecule has 0 aliphatic carbocycles. The maximum atomic E-state index is 7.17. The highest BCUT2D eigenvalue weighted by molar-refractivity contribution is 6.26. The summed E-state index contributed by atoms with van der Waals surface area (Å²) in [4.78, 5) is 11.4. The molecule has 0 saturated carbocycles. The zero-order valence-electron chi connectivity index (χ0n) is 34.3. The molecule has 0 spiro atoms. The molecular weight excluding hydrogens is 783 g/mol. The molecular formula is C59H33N3O2. The van der Waals surface area contributed by atoms with Crippen molar-refractivity contribution in [3.63, 3.8) is 0 Å². The number of fused-ring (bicyclic) bond motifs is 20. The zero-order chi connectivity index (χ0) is 41.6. The molecule has 15 rings (SSSR count). The second-order valence-electron chi connectivity index (χ2n) is 17.3. The van der Waals surface area contributed by atoms with E-state index in [4.69, 9.17) is 18.8 Å². The van der Waals surface area contributed by atoms with Crippen LogP contribution in [0.2, 0.25) is 0 Å². The molecule has 5 heteroatoms. The number of aromatic nitrogens is 1. The maximum Gasteiger partial charge on any atom is 0.160 e. The van der Waals surface area contributed by atoms with Crippen molar-refractivity contribution in [2.75, 3.05) is 0 Å². The number of aliphatic imine (C=N–C) groups is 2. The van der Waals surface area contributed by atoms with E-state index in [-0.39, 0.29) is 0 Å². The summed E-state index contributed by atoms with van der Waals surface area (Å²) in [6.07, 6.45) is 0.547. The number of allylic oxidation sites excluding steroid dienone is 1. The van der Waals surface area contributed by atoms with Crippen LogP contribution >= 0.6 is 0 Å². The van der Waals surface area contributed by atoms with Gasteiger partial charge < -0.3 is 13.4 Å². The molecule has 0 atom stereocenters. The molecule has 0 fully saturated rings. The van der Waals surface area contributed by atoms with Crippen LogP contribution < -0.4 is 0 Å². The van der Waals surface area contributed by atoms with E-state index in [2.05, 4.69) is 180 Å². The number of amidine groups is 1. The molecule has 2 aliphatic rings. The predicted molar refractivity (Wildman–Crippen MR) is 265 cm³/mol. The lowest BCUT2D eigenvalue weighted by molar-refractivity contribution is 0.666. The van der Waals surface area contributed by atoms with Gasteiger partial charge in [-0.1, -0.05) is 121 Å². The number of nitrogens with zero attached hydrogens (tertiary/aromatic N) is 3. The monoisotopic (exact) mass is 815 g/mol. The van der Waals surface area contributed by atoms with Gasteiger partial charge in [0.15, 0.2) is 11.4 Å². The van der Waals surface area contributed by atoms with Crippen molar-refractivity contribution in [1.82, 2.24) is 4.57 Å². The van der Waals surface area contributed by atoms with Gasteiger partial charge in [0.1, 0.15) is 16.7 Å².